The van der Waals surface area contributed by atoms with E-state index in [2.05, 4.69) is 27.4 Å². The molecule has 142 valence electrons. The van der Waals surface area contributed by atoms with Gasteiger partial charge in [-0.25, -0.2) is 4.98 Å². The maximum absolute atomic E-state index is 12.4. The molecule has 2 aromatic carbocycles. The molecule has 0 aliphatic carbocycles. The Morgan fingerprint density at radius 3 is 2.79 bits per heavy atom. The predicted molar refractivity (Wildman–Crippen MR) is 108 cm³/mol. The molecule has 0 saturated carbocycles. The van der Waals surface area contributed by atoms with E-state index >= 15 is 0 Å². The zero-order valence-corrected chi connectivity index (χ0v) is 15.6. The van der Waals surface area contributed by atoms with Crippen LogP contribution in [0.4, 0.5) is 0 Å². The van der Waals surface area contributed by atoms with Gasteiger partial charge in [-0.3, -0.25) is 4.79 Å². The Bertz CT molecular complexity index is 1050. The van der Waals surface area contributed by atoms with Gasteiger partial charge in [0.25, 0.3) is 0 Å². The number of imidazole rings is 1. The van der Waals surface area contributed by atoms with Crippen LogP contribution in [0.2, 0.25) is 0 Å². The third-order valence-electron chi connectivity index (χ3n) is 4.90. The molecule has 6 nitrogen and oxygen atoms in total. The maximum Gasteiger partial charge on any atom is 0.240 e. The predicted octanol–water partition coefficient (Wildman–Crippen LogP) is 3.32. The lowest BCUT2D eigenvalue weighted by atomic mass is 9.91. The van der Waals surface area contributed by atoms with E-state index in [0.717, 1.165) is 27.8 Å². The molecule has 2 heterocycles. The van der Waals surface area contributed by atoms with Crippen molar-refractivity contribution in [2.75, 3.05) is 13.7 Å². The van der Waals surface area contributed by atoms with E-state index in [4.69, 9.17) is 4.74 Å². The number of amides is 1. The van der Waals surface area contributed by atoms with Crippen molar-refractivity contribution in [3.8, 4) is 5.75 Å². The minimum absolute atomic E-state index is 0.0220. The molecule has 4 aromatic rings. The van der Waals surface area contributed by atoms with Crippen LogP contribution in [-0.2, 0) is 11.3 Å². The smallest absolute Gasteiger partial charge is 0.240 e. The SMILES string of the molecule is COc1ccc([C@H](CNC(=O)Cn2ccnc2)c2c[nH]c3ccccc23)cc1. The molecule has 1 amide bonds. The normalized spacial score (nSPS) is 12.0. The number of aromatic amines is 1. The molecule has 0 aliphatic heterocycles. The first kappa shape index (κ1) is 17.9. The molecule has 0 radical (unpaired) electrons. The number of fused-ring (bicyclic) bond motifs is 1. The molecule has 0 saturated heterocycles. The Hall–Kier alpha value is -3.54. The molecule has 0 spiro atoms. The number of nitrogens with zero attached hydrogens (tertiary/aromatic N) is 2. The minimum atomic E-state index is -0.0450. The standard InChI is InChI=1S/C22H22N4O2/c1-28-17-8-6-16(7-9-17)19(12-25-22(27)14-26-11-10-23-15-26)20-13-24-21-5-3-2-4-18(20)21/h2-11,13,15,19,24H,12,14H2,1H3,(H,25,27)/t19-/m0/s1. The summed E-state index contributed by atoms with van der Waals surface area (Å²) in [6.45, 7) is 0.755. The number of benzene rings is 2. The first-order valence-corrected chi connectivity index (χ1v) is 9.17. The zero-order valence-electron chi connectivity index (χ0n) is 15.6. The van der Waals surface area contributed by atoms with Gasteiger partial charge < -0.3 is 19.6 Å². The Balaban J connectivity index is 1.60. The van der Waals surface area contributed by atoms with E-state index < -0.39 is 0 Å². The van der Waals surface area contributed by atoms with Crippen molar-refractivity contribution < 1.29 is 9.53 Å². The van der Waals surface area contributed by atoms with Gasteiger partial charge in [0.05, 0.1) is 13.4 Å². The summed E-state index contributed by atoms with van der Waals surface area (Å²) < 4.78 is 7.04. The molecule has 0 unspecified atom stereocenters. The molecule has 0 aliphatic rings. The highest BCUT2D eigenvalue weighted by Gasteiger charge is 2.19. The topological polar surface area (TPSA) is 71.9 Å². The van der Waals surface area contributed by atoms with Crippen LogP contribution in [0.3, 0.4) is 0 Å². The molecule has 2 aromatic heterocycles. The number of carbonyl (C=O) groups excluding carboxylic acids is 1. The van der Waals surface area contributed by atoms with Crippen LogP contribution in [0.25, 0.3) is 10.9 Å². The summed E-state index contributed by atoms with van der Waals surface area (Å²) in [5.41, 5.74) is 3.36. The largest absolute Gasteiger partial charge is 0.497 e. The van der Waals surface area contributed by atoms with Crippen LogP contribution in [0, 0.1) is 0 Å². The molecule has 4 rings (SSSR count). The van der Waals surface area contributed by atoms with Gasteiger partial charge in [-0.05, 0) is 29.3 Å². The number of rotatable bonds is 7. The monoisotopic (exact) mass is 374 g/mol. The van der Waals surface area contributed by atoms with Crippen LogP contribution in [0.1, 0.15) is 17.0 Å². The van der Waals surface area contributed by atoms with Crippen molar-refractivity contribution in [1.29, 1.82) is 0 Å². The molecule has 2 N–H and O–H groups in total. The Morgan fingerprint density at radius 2 is 2.04 bits per heavy atom. The van der Waals surface area contributed by atoms with Crippen LogP contribution in [0.15, 0.2) is 73.4 Å². The van der Waals surface area contributed by atoms with Gasteiger partial charge in [-0.15, -0.1) is 0 Å². The number of aromatic nitrogens is 3. The fourth-order valence-electron chi connectivity index (χ4n) is 3.44. The van der Waals surface area contributed by atoms with Gasteiger partial charge in [-0.2, -0.15) is 0 Å². The van der Waals surface area contributed by atoms with Gasteiger partial charge in [0.1, 0.15) is 12.3 Å². The number of para-hydroxylation sites is 1. The van der Waals surface area contributed by atoms with Crippen LogP contribution in [0.5, 0.6) is 5.75 Å². The summed E-state index contributed by atoms with van der Waals surface area (Å²) in [6.07, 6.45) is 7.11. The second kappa shape index (κ2) is 8.00. The van der Waals surface area contributed by atoms with Crippen molar-refractivity contribution >= 4 is 16.8 Å². The van der Waals surface area contributed by atoms with Gasteiger partial charge in [-0.1, -0.05) is 30.3 Å². The maximum atomic E-state index is 12.4. The highest BCUT2D eigenvalue weighted by Crippen LogP contribution is 2.31. The van der Waals surface area contributed by atoms with E-state index in [0.29, 0.717) is 6.54 Å². The molecular weight excluding hydrogens is 352 g/mol. The fraction of sp³-hybridized carbons (Fsp3) is 0.182. The quantitative estimate of drug-likeness (QED) is 0.521. The van der Waals surface area contributed by atoms with E-state index in [1.165, 1.54) is 0 Å². The van der Waals surface area contributed by atoms with E-state index in [9.17, 15) is 4.79 Å². The molecule has 1 atom stereocenters. The van der Waals surface area contributed by atoms with E-state index in [1.807, 2.05) is 42.6 Å². The number of methoxy groups -OCH3 is 1. The fourth-order valence-corrected chi connectivity index (χ4v) is 3.44. The average molecular weight is 374 g/mol. The minimum Gasteiger partial charge on any atom is -0.497 e. The lowest BCUT2D eigenvalue weighted by Gasteiger charge is -2.19. The second-order valence-corrected chi connectivity index (χ2v) is 6.65. The third kappa shape index (κ3) is 3.76. The summed E-state index contributed by atoms with van der Waals surface area (Å²) in [6, 6.07) is 16.2. The number of nitrogens with one attached hydrogen (secondary N) is 2. The Kier molecular flexibility index (Phi) is 5.10. The Morgan fingerprint density at radius 1 is 1.21 bits per heavy atom. The van der Waals surface area contributed by atoms with Crippen LogP contribution < -0.4 is 10.1 Å². The summed E-state index contributed by atoms with van der Waals surface area (Å²) in [5, 5.41) is 4.23. The highest BCUT2D eigenvalue weighted by atomic mass is 16.5. The number of hydrogen-bond donors (Lipinski definition) is 2. The van der Waals surface area contributed by atoms with Crippen molar-refractivity contribution in [1.82, 2.24) is 19.9 Å². The number of ether oxygens (including phenoxy) is 1. The van der Waals surface area contributed by atoms with Crippen molar-refractivity contribution in [2.24, 2.45) is 0 Å². The summed E-state index contributed by atoms with van der Waals surface area (Å²) in [5.74, 6) is 0.788. The van der Waals surface area contributed by atoms with Crippen LogP contribution in [-0.4, -0.2) is 34.1 Å². The number of H-pyrrole nitrogens is 1. The molecule has 28 heavy (non-hydrogen) atoms. The highest BCUT2D eigenvalue weighted by molar-refractivity contribution is 5.84. The van der Waals surface area contributed by atoms with Gasteiger partial charge in [0.15, 0.2) is 0 Å². The molecule has 6 heteroatoms. The first-order chi connectivity index (χ1) is 13.7. The van der Waals surface area contributed by atoms with Crippen molar-refractivity contribution in [2.45, 2.75) is 12.5 Å². The van der Waals surface area contributed by atoms with E-state index in [-0.39, 0.29) is 18.4 Å². The third-order valence-corrected chi connectivity index (χ3v) is 4.90. The molecular formula is C22H22N4O2. The average Bonchev–Trinajstić information content (AvgIpc) is 3.39. The Labute approximate surface area is 163 Å². The lowest BCUT2D eigenvalue weighted by molar-refractivity contribution is -0.121. The van der Waals surface area contributed by atoms with Gasteiger partial charge in [0, 0.05) is 42.0 Å². The summed E-state index contributed by atoms with van der Waals surface area (Å²) in [4.78, 5) is 19.7. The van der Waals surface area contributed by atoms with E-state index in [1.54, 1.807) is 30.4 Å². The second-order valence-electron chi connectivity index (χ2n) is 6.65. The summed E-state index contributed by atoms with van der Waals surface area (Å²) >= 11 is 0. The number of hydrogen-bond acceptors (Lipinski definition) is 3. The first-order valence-electron chi connectivity index (χ1n) is 9.17. The molecule has 0 fully saturated rings. The summed E-state index contributed by atoms with van der Waals surface area (Å²) in [7, 11) is 1.66. The van der Waals surface area contributed by atoms with Crippen molar-refractivity contribution in [3.63, 3.8) is 0 Å². The zero-order chi connectivity index (χ0) is 19.3. The lowest BCUT2D eigenvalue weighted by Crippen LogP contribution is -2.31. The van der Waals surface area contributed by atoms with Gasteiger partial charge in [0.2, 0.25) is 5.91 Å². The van der Waals surface area contributed by atoms with Crippen LogP contribution >= 0.6 is 0 Å². The molecule has 0 bridgehead atoms. The van der Waals surface area contributed by atoms with Gasteiger partial charge >= 0.3 is 0 Å². The number of carbonyl (C=O) groups is 1. The van der Waals surface area contributed by atoms with Crippen molar-refractivity contribution in [3.05, 3.63) is 84.6 Å².